The predicted molar refractivity (Wildman–Crippen MR) is 86.8 cm³/mol. The second kappa shape index (κ2) is 6.90. The standard InChI is InChI=1S/C16H24BrFN2/c1-4-11(3)15-10-20(13(5-2)9-19-15)16-8-12(18)6-7-14(16)17/h6-8,11,13,15,19H,4-5,9-10H2,1-3H3. The normalized spacial score (nSPS) is 24.8. The van der Waals surface area contributed by atoms with Gasteiger partial charge < -0.3 is 10.2 Å². The van der Waals surface area contributed by atoms with Crippen molar-refractivity contribution in [2.75, 3.05) is 18.0 Å². The van der Waals surface area contributed by atoms with Crippen LogP contribution in [0, 0.1) is 11.7 Å². The van der Waals surface area contributed by atoms with Gasteiger partial charge in [-0.1, -0.05) is 27.2 Å². The van der Waals surface area contributed by atoms with Crippen LogP contribution in [0.4, 0.5) is 10.1 Å². The molecule has 1 aliphatic heterocycles. The number of anilines is 1. The van der Waals surface area contributed by atoms with Gasteiger partial charge in [0.2, 0.25) is 0 Å². The molecule has 3 atom stereocenters. The van der Waals surface area contributed by atoms with E-state index in [1.54, 1.807) is 12.1 Å². The van der Waals surface area contributed by atoms with Gasteiger partial charge in [0.1, 0.15) is 5.82 Å². The molecule has 0 amide bonds. The van der Waals surface area contributed by atoms with E-state index in [1.807, 2.05) is 0 Å². The fraction of sp³-hybridized carbons (Fsp3) is 0.625. The van der Waals surface area contributed by atoms with Crippen molar-refractivity contribution in [1.82, 2.24) is 5.32 Å². The largest absolute Gasteiger partial charge is 0.365 e. The molecule has 4 heteroatoms. The van der Waals surface area contributed by atoms with E-state index in [0.29, 0.717) is 18.0 Å². The summed E-state index contributed by atoms with van der Waals surface area (Å²) >= 11 is 3.57. The molecule has 1 fully saturated rings. The zero-order chi connectivity index (χ0) is 14.7. The van der Waals surface area contributed by atoms with Gasteiger partial charge in [-0.25, -0.2) is 4.39 Å². The highest BCUT2D eigenvalue weighted by atomic mass is 79.9. The summed E-state index contributed by atoms with van der Waals surface area (Å²) in [6.45, 7) is 8.60. The average Bonchev–Trinajstić information content (AvgIpc) is 2.48. The number of nitrogens with zero attached hydrogens (tertiary/aromatic N) is 1. The Hall–Kier alpha value is -0.610. The summed E-state index contributed by atoms with van der Waals surface area (Å²) in [5, 5.41) is 3.65. The molecule has 0 aliphatic carbocycles. The van der Waals surface area contributed by atoms with Crippen LogP contribution in [0.2, 0.25) is 0 Å². The van der Waals surface area contributed by atoms with Crippen molar-refractivity contribution >= 4 is 21.6 Å². The maximum absolute atomic E-state index is 13.6. The number of hydrogen-bond acceptors (Lipinski definition) is 2. The number of rotatable bonds is 4. The molecule has 1 heterocycles. The summed E-state index contributed by atoms with van der Waals surface area (Å²) in [6.07, 6.45) is 2.22. The Morgan fingerprint density at radius 1 is 1.45 bits per heavy atom. The van der Waals surface area contributed by atoms with Gasteiger partial charge in [0.05, 0.1) is 5.69 Å². The SMILES string of the molecule is CCC(C)C1CN(c2cc(F)ccc2Br)C(CC)CN1. The summed E-state index contributed by atoms with van der Waals surface area (Å²) in [5.41, 5.74) is 0.978. The lowest BCUT2D eigenvalue weighted by Gasteiger charge is -2.44. The van der Waals surface area contributed by atoms with Crippen molar-refractivity contribution in [3.63, 3.8) is 0 Å². The Kier molecular flexibility index (Phi) is 5.44. The number of nitrogens with one attached hydrogen (secondary N) is 1. The minimum atomic E-state index is -0.170. The molecular weight excluding hydrogens is 319 g/mol. The Balaban J connectivity index is 2.26. The Morgan fingerprint density at radius 3 is 2.85 bits per heavy atom. The molecule has 0 radical (unpaired) electrons. The topological polar surface area (TPSA) is 15.3 Å². The highest BCUT2D eigenvalue weighted by Crippen LogP contribution is 2.31. The molecule has 0 saturated carbocycles. The number of hydrogen-bond donors (Lipinski definition) is 1. The minimum absolute atomic E-state index is 0.170. The smallest absolute Gasteiger partial charge is 0.125 e. The first kappa shape index (κ1) is 15.8. The first-order valence-corrected chi connectivity index (χ1v) is 8.31. The van der Waals surface area contributed by atoms with Gasteiger partial charge in [-0.05, 0) is 46.5 Å². The second-order valence-electron chi connectivity index (χ2n) is 5.71. The van der Waals surface area contributed by atoms with E-state index in [1.165, 1.54) is 6.07 Å². The van der Waals surface area contributed by atoms with Crippen LogP contribution < -0.4 is 10.2 Å². The maximum atomic E-state index is 13.6. The van der Waals surface area contributed by atoms with Gasteiger partial charge in [-0.2, -0.15) is 0 Å². The zero-order valence-corrected chi connectivity index (χ0v) is 14.1. The molecule has 1 aliphatic rings. The number of halogens is 2. The molecule has 112 valence electrons. The van der Waals surface area contributed by atoms with E-state index in [4.69, 9.17) is 0 Å². The lowest BCUT2D eigenvalue weighted by atomic mass is 9.94. The molecule has 1 aromatic carbocycles. The van der Waals surface area contributed by atoms with E-state index >= 15 is 0 Å². The summed E-state index contributed by atoms with van der Waals surface area (Å²) in [6, 6.07) is 5.85. The highest BCUT2D eigenvalue weighted by Gasteiger charge is 2.30. The first-order valence-electron chi connectivity index (χ1n) is 7.51. The molecule has 20 heavy (non-hydrogen) atoms. The van der Waals surface area contributed by atoms with Crippen molar-refractivity contribution < 1.29 is 4.39 Å². The summed E-state index contributed by atoms with van der Waals surface area (Å²) in [5.74, 6) is 0.458. The van der Waals surface area contributed by atoms with E-state index in [0.717, 1.165) is 36.1 Å². The van der Waals surface area contributed by atoms with Gasteiger partial charge in [0, 0.05) is 29.6 Å². The van der Waals surface area contributed by atoms with Gasteiger partial charge in [-0.15, -0.1) is 0 Å². The number of piperazine rings is 1. The van der Waals surface area contributed by atoms with Crippen LogP contribution in [0.25, 0.3) is 0 Å². The molecule has 1 aromatic rings. The maximum Gasteiger partial charge on any atom is 0.125 e. The van der Waals surface area contributed by atoms with Gasteiger partial charge in [0.15, 0.2) is 0 Å². The monoisotopic (exact) mass is 342 g/mol. The molecule has 3 unspecified atom stereocenters. The molecule has 1 N–H and O–H groups in total. The minimum Gasteiger partial charge on any atom is -0.365 e. The van der Waals surface area contributed by atoms with E-state index < -0.39 is 0 Å². The zero-order valence-electron chi connectivity index (χ0n) is 12.5. The van der Waals surface area contributed by atoms with Crippen LogP contribution >= 0.6 is 15.9 Å². The Bertz CT molecular complexity index is 452. The van der Waals surface area contributed by atoms with Crippen molar-refractivity contribution in [3.8, 4) is 0 Å². The van der Waals surface area contributed by atoms with Crippen molar-refractivity contribution in [1.29, 1.82) is 0 Å². The molecule has 2 nitrogen and oxygen atoms in total. The molecule has 0 aromatic heterocycles. The van der Waals surface area contributed by atoms with E-state index in [-0.39, 0.29) is 5.82 Å². The third kappa shape index (κ3) is 3.34. The first-order chi connectivity index (χ1) is 9.56. The van der Waals surface area contributed by atoms with Crippen LogP contribution in [0.1, 0.15) is 33.6 Å². The van der Waals surface area contributed by atoms with E-state index in [2.05, 4.69) is 46.9 Å². The predicted octanol–water partition coefficient (Wildman–Crippen LogP) is 4.19. The summed E-state index contributed by atoms with van der Waals surface area (Å²) < 4.78 is 14.6. The van der Waals surface area contributed by atoms with Crippen LogP contribution in [0.5, 0.6) is 0 Å². The van der Waals surface area contributed by atoms with Crippen LogP contribution in [0.3, 0.4) is 0 Å². The van der Waals surface area contributed by atoms with Crippen molar-refractivity contribution in [2.45, 2.75) is 45.7 Å². The molecule has 1 saturated heterocycles. The van der Waals surface area contributed by atoms with Crippen molar-refractivity contribution in [3.05, 3.63) is 28.5 Å². The van der Waals surface area contributed by atoms with Gasteiger partial charge >= 0.3 is 0 Å². The third-order valence-corrected chi connectivity index (χ3v) is 5.14. The fourth-order valence-electron chi connectivity index (χ4n) is 2.85. The third-order valence-electron chi connectivity index (χ3n) is 4.47. The Morgan fingerprint density at radius 2 is 2.20 bits per heavy atom. The van der Waals surface area contributed by atoms with Crippen LogP contribution in [-0.2, 0) is 0 Å². The van der Waals surface area contributed by atoms with E-state index in [9.17, 15) is 4.39 Å². The average molecular weight is 343 g/mol. The number of benzene rings is 1. The lowest BCUT2D eigenvalue weighted by Crippen LogP contribution is -2.58. The van der Waals surface area contributed by atoms with Gasteiger partial charge in [0.25, 0.3) is 0 Å². The lowest BCUT2D eigenvalue weighted by molar-refractivity contribution is 0.306. The van der Waals surface area contributed by atoms with Crippen LogP contribution in [0.15, 0.2) is 22.7 Å². The quantitative estimate of drug-likeness (QED) is 0.882. The molecule has 0 bridgehead atoms. The fourth-order valence-corrected chi connectivity index (χ4v) is 3.33. The summed E-state index contributed by atoms with van der Waals surface area (Å²) in [4.78, 5) is 2.36. The second-order valence-corrected chi connectivity index (χ2v) is 6.56. The summed E-state index contributed by atoms with van der Waals surface area (Å²) in [7, 11) is 0. The van der Waals surface area contributed by atoms with Crippen molar-refractivity contribution in [2.24, 2.45) is 5.92 Å². The molecule has 0 spiro atoms. The molecule has 2 rings (SSSR count). The highest BCUT2D eigenvalue weighted by molar-refractivity contribution is 9.10. The van der Waals surface area contributed by atoms with Gasteiger partial charge in [-0.3, -0.25) is 0 Å². The molecular formula is C16H24BrFN2. The Labute approximate surface area is 129 Å². The van der Waals surface area contributed by atoms with Crippen LogP contribution in [-0.4, -0.2) is 25.2 Å².